The quantitative estimate of drug-likeness (QED) is 0.728. The number of piperazine rings is 1. The number of ether oxygens (including phenoxy) is 1. The number of imidazole rings is 1. The molecule has 1 saturated heterocycles. The van der Waals surface area contributed by atoms with Crippen LogP contribution in [0.25, 0.3) is 17.0 Å². The summed E-state index contributed by atoms with van der Waals surface area (Å²) < 4.78 is 7.10. The first-order chi connectivity index (χ1) is 12.7. The number of rotatable bonds is 4. The number of nitrogens with zero attached hydrogens (tertiary/aromatic N) is 4. The Kier molecular flexibility index (Phi) is 4.67. The summed E-state index contributed by atoms with van der Waals surface area (Å²) in [5, 5.41) is 13.5. The van der Waals surface area contributed by atoms with E-state index in [9.17, 15) is 5.11 Å². The molecule has 1 aliphatic rings. The number of aliphatic hydroxyl groups is 1. The molecule has 26 heavy (non-hydrogen) atoms. The zero-order chi connectivity index (χ0) is 18.1. The zero-order valence-corrected chi connectivity index (χ0v) is 15.2. The lowest BCUT2D eigenvalue weighted by Gasteiger charge is -2.28. The van der Waals surface area contributed by atoms with Crippen LogP contribution < -0.4 is 15.0 Å². The molecule has 136 valence electrons. The number of fused-ring (bicyclic) bond motifs is 1. The van der Waals surface area contributed by atoms with Gasteiger partial charge >= 0.3 is 0 Å². The van der Waals surface area contributed by atoms with Crippen molar-refractivity contribution in [2.24, 2.45) is 0 Å². The van der Waals surface area contributed by atoms with Gasteiger partial charge in [0, 0.05) is 44.1 Å². The lowest BCUT2D eigenvalue weighted by molar-refractivity contribution is 0.281. The van der Waals surface area contributed by atoms with E-state index in [-0.39, 0.29) is 6.61 Å². The SMILES string of the molecule is COc1cc(CO)c(-c2cn3ccc(N4CCNCC4)nc3n2)cc1Cl. The molecule has 1 aliphatic heterocycles. The van der Waals surface area contributed by atoms with Gasteiger partial charge < -0.3 is 20.1 Å². The third kappa shape index (κ3) is 3.09. The highest BCUT2D eigenvalue weighted by atomic mass is 35.5. The molecule has 1 aromatic carbocycles. The molecule has 4 rings (SSSR count). The minimum atomic E-state index is -0.129. The van der Waals surface area contributed by atoms with Gasteiger partial charge in [0.1, 0.15) is 11.6 Å². The standard InChI is InChI=1S/C18H20ClN5O2/c1-26-16-8-12(11-25)13(9-14(16)19)15-10-24-5-2-17(22-18(24)21-15)23-6-3-20-4-7-23/h2,5,8-10,20,25H,3-4,6-7,11H2,1H3. The van der Waals surface area contributed by atoms with Crippen molar-refractivity contribution < 1.29 is 9.84 Å². The predicted molar refractivity (Wildman–Crippen MR) is 101 cm³/mol. The van der Waals surface area contributed by atoms with Crippen LogP contribution in [-0.2, 0) is 6.61 Å². The largest absolute Gasteiger partial charge is 0.495 e. The highest BCUT2D eigenvalue weighted by Gasteiger charge is 2.16. The van der Waals surface area contributed by atoms with E-state index < -0.39 is 0 Å². The first-order valence-electron chi connectivity index (χ1n) is 8.48. The van der Waals surface area contributed by atoms with Gasteiger partial charge in [-0.05, 0) is 23.8 Å². The van der Waals surface area contributed by atoms with Crippen molar-refractivity contribution in [2.45, 2.75) is 6.61 Å². The Morgan fingerprint density at radius 1 is 1.27 bits per heavy atom. The summed E-state index contributed by atoms with van der Waals surface area (Å²) >= 11 is 6.26. The van der Waals surface area contributed by atoms with E-state index >= 15 is 0 Å². The maximum absolute atomic E-state index is 9.72. The van der Waals surface area contributed by atoms with Crippen molar-refractivity contribution in [1.82, 2.24) is 19.7 Å². The number of aromatic nitrogens is 3. The molecule has 0 spiro atoms. The number of hydrogen-bond donors (Lipinski definition) is 2. The molecule has 7 nitrogen and oxygen atoms in total. The van der Waals surface area contributed by atoms with E-state index in [4.69, 9.17) is 16.3 Å². The predicted octanol–water partition coefficient (Wildman–Crippen LogP) is 1.96. The second-order valence-corrected chi connectivity index (χ2v) is 6.57. The van der Waals surface area contributed by atoms with E-state index in [1.807, 2.05) is 22.9 Å². The van der Waals surface area contributed by atoms with Crippen LogP contribution in [0.2, 0.25) is 5.02 Å². The molecule has 2 N–H and O–H groups in total. The van der Waals surface area contributed by atoms with Crippen LogP contribution in [0, 0.1) is 0 Å². The van der Waals surface area contributed by atoms with Gasteiger partial charge in [-0.2, -0.15) is 4.98 Å². The summed E-state index contributed by atoms with van der Waals surface area (Å²) in [6.07, 6.45) is 3.85. The summed E-state index contributed by atoms with van der Waals surface area (Å²) in [5.74, 6) is 2.07. The minimum absolute atomic E-state index is 0.129. The monoisotopic (exact) mass is 373 g/mol. The molecule has 2 aromatic heterocycles. The number of anilines is 1. The third-order valence-electron chi connectivity index (χ3n) is 4.58. The van der Waals surface area contributed by atoms with E-state index in [1.54, 1.807) is 19.2 Å². The Morgan fingerprint density at radius 3 is 2.81 bits per heavy atom. The molecule has 0 bridgehead atoms. The zero-order valence-electron chi connectivity index (χ0n) is 14.4. The summed E-state index contributed by atoms with van der Waals surface area (Å²) in [6.45, 7) is 3.64. The first kappa shape index (κ1) is 17.1. The van der Waals surface area contributed by atoms with Crippen molar-refractivity contribution in [3.05, 3.63) is 41.2 Å². The van der Waals surface area contributed by atoms with Crippen molar-refractivity contribution in [2.75, 3.05) is 38.2 Å². The van der Waals surface area contributed by atoms with E-state index in [2.05, 4.69) is 20.2 Å². The fraction of sp³-hybridized carbons (Fsp3) is 0.333. The number of aliphatic hydroxyl groups excluding tert-OH is 1. The lowest BCUT2D eigenvalue weighted by atomic mass is 10.1. The normalized spacial score (nSPS) is 14.8. The molecule has 0 saturated carbocycles. The maximum atomic E-state index is 9.72. The number of hydrogen-bond acceptors (Lipinski definition) is 6. The fourth-order valence-electron chi connectivity index (χ4n) is 3.18. The molecule has 0 aliphatic carbocycles. The van der Waals surface area contributed by atoms with Gasteiger partial charge in [0.05, 0.1) is 24.4 Å². The van der Waals surface area contributed by atoms with Gasteiger partial charge in [-0.15, -0.1) is 0 Å². The topological polar surface area (TPSA) is 74.9 Å². The second-order valence-electron chi connectivity index (χ2n) is 6.16. The molecule has 0 amide bonds. The maximum Gasteiger partial charge on any atom is 0.236 e. The van der Waals surface area contributed by atoms with Gasteiger partial charge in [0.25, 0.3) is 0 Å². The molecule has 8 heteroatoms. The van der Waals surface area contributed by atoms with E-state index in [1.165, 1.54) is 0 Å². The van der Waals surface area contributed by atoms with E-state index in [0.717, 1.165) is 37.6 Å². The molecule has 0 unspecified atom stereocenters. The summed E-state index contributed by atoms with van der Waals surface area (Å²) in [7, 11) is 1.55. The summed E-state index contributed by atoms with van der Waals surface area (Å²) in [6, 6.07) is 5.50. The van der Waals surface area contributed by atoms with Gasteiger partial charge in [0.15, 0.2) is 0 Å². The first-order valence-corrected chi connectivity index (χ1v) is 8.86. The number of halogens is 1. The highest BCUT2D eigenvalue weighted by Crippen LogP contribution is 2.33. The lowest BCUT2D eigenvalue weighted by Crippen LogP contribution is -2.43. The van der Waals surface area contributed by atoms with Gasteiger partial charge in [0.2, 0.25) is 5.78 Å². The molecule has 0 radical (unpaired) electrons. The minimum Gasteiger partial charge on any atom is -0.495 e. The number of methoxy groups -OCH3 is 1. The molecule has 3 aromatic rings. The average molecular weight is 374 g/mol. The van der Waals surface area contributed by atoms with Gasteiger partial charge in [-0.1, -0.05) is 11.6 Å². The Balaban J connectivity index is 1.74. The fourth-order valence-corrected chi connectivity index (χ4v) is 3.42. The van der Waals surface area contributed by atoms with Crippen LogP contribution in [0.1, 0.15) is 5.56 Å². The highest BCUT2D eigenvalue weighted by molar-refractivity contribution is 6.32. The van der Waals surface area contributed by atoms with Crippen LogP contribution in [-0.4, -0.2) is 52.8 Å². The van der Waals surface area contributed by atoms with Crippen LogP contribution in [0.4, 0.5) is 5.82 Å². The van der Waals surface area contributed by atoms with Crippen molar-refractivity contribution in [3.8, 4) is 17.0 Å². The van der Waals surface area contributed by atoms with Crippen LogP contribution in [0.3, 0.4) is 0 Å². The third-order valence-corrected chi connectivity index (χ3v) is 4.87. The smallest absolute Gasteiger partial charge is 0.236 e. The van der Waals surface area contributed by atoms with Crippen molar-refractivity contribution in [1.29, 1.82) is 0 Å². The van der Waals surface area contributed by atoms with Crippen molar-refractivity contribution >= 4 is 23.2 Å². The molecule has 1 fully saturated rings. The van der Waals surface area contributed by atoms with Crippen LogP contribution >= 0.6 is 11.6 Å². The van der Waals surface area contributed by atoms with Crippen LogP contribution in [0.15, 0.2) is 30.6 Å². The molecule has 3 heterocycles. The Bertz CT molecular complexity index is 937. The summed E-state index contributed by atoms with van der Waals surface area (Å²) in [5.41, 5.74) is 2.19. The Hall–Kier alpha value is -2.35. The Labute approximate surface area is 156 Å². The van der Waals surface area contributed by atoms with Crippen molar-refractivity contribution in [3.63, 3.8) is 0 Å². The molecular formula is C18H20ClN5O2. The van der Waals surface area contributed by atoms with Crippen LogP contribution in [0.5, 0.6) is 5.75 Å². The molecule has 0 atom stereocenters. The number of benzene rings is 1. The van der Waals surface area contributed by atoms with Gasteiger partial charge in [-0.3, -0.25) is 4.40 Å². The second kappa shape index (κ2) is 7.11. The molecular weight excluding hydrogens is 354 g/mol. The summed E-state index contributed by atoms with van der Waals surface area (Å²) in [4.78, 5) is 11.6. The van der Waals surface area contributed by atoms with Gasteiger partial charge in [-0.25, -0.2) is 4.98 Å². The van der Waals surface area contributed by atoms with E-state index in [0.29, 0.717) is 27.8 Å². The number of nitrogens with one attached hydrogen (secondary N) is 1. The Morgan fingerprint density at radius 2 is 2.08 bits per heavy atom. The average Bonchev–Trinajstić information content (AvgIpc) is 3.11.